The summed E-state index contributed by atoms with van der Waals surface area (Å²) in [6, 6.07) is 8.71. The number of rotatable bonds is 2. The normalized spacial score (nSPS) is 13.9. The van der Waals surface area contributed by atoms with Crippen molar-refractivity contribution >= 4 is 0 Å². The Kier molecular flexibility index (Phi) is 6.49. The van der Waals surface area contributed by atoms with E-state index >= 15 is 0 Å². The third kappa shape index (κ3) is 5.35. The highest BCUT2D eigenvalue weighted by Gasteiger charge is 1.95. The third-order valence-corrected chi connectivity index (χ3v) is 3.22. The topological polar surface area (TPSA) is 0 Å². The summed E-state index contributed by atoms with van der Waals surface area (Å²) in [5.74, 6) is 0.653. The van der Waals surface area contributed by atoms with Gasteiger partial charge in [0.1, 0.15) is 0 Å². The molecule has 0 saturated carbocycles. The van der Waals surface area contributed by atoms with E-state index in [1.807, 2.05) is 0 Å². The van der Waals surface area contributed by atoms with Gasteiger partial charge in [-0.2, -0.15) is 0 Å². The van der Waals surface area contributed by atoms with E-state index in [4.69, 9.17) is 0 Å². The van der Waals surface area contributed by atoms with E-state index in [-0.39, 0.29) is 0 Å². The van der Waals surface area contributed by atoms with Crippen LogP contribution in [0.5, 0.6) is 0 Å². The van der Waals surface area contributed by atoms with Crippen LogP contribution in [0.1, 0.15) is 57.1 Å². The Labute approximate surface area is 112 Å². The summed E-state index contributed by atoms with van der Waals surface area (Å²) in [4.78, 5) is 0. The van der Waals surface area contributed by atoms with Gasteiger partial charge in [-0.3, -0.25) is 0 Å². The lowest BCUT2D eigenvalue weighted by Gasteiger charge is -2.03. The van der Waals surface area contributed by atoms with E-state index in [1.165, 1.54) is 36.0 Å². The van der Waals surface area contributed by atoms with Crippen LogP contribution >= 0.6 is 0 Å². The van der Waals surface area contributed by atoms with E-state index in [1.54, 1.807) is 0 Å². The van der Waals surface area contributed by atoms with Crippen LogP contribution in [0.3, 0.4) is 0 Å². The van der Waals surface area contributed by atoms with Crippen molar-refractivity contribution in [2.75, 3.05) is 0 Å². The quantitative estimate of drug-likeness (QED) is 0.615. The monoisotopic (exact) mass is 242 g/mol. The molecule has 0 nitrogen and oxygen atoms in total. The number of allylic oxidation sites excluding steroid dienone is 4. The van der Waals surface area contributed by atoms with Crippen LogP contribution < -0.4 is 0 Å². The maximum absolute atomic E-state index is 2.32. The fourth-order valence-corrected chi connectivity index (χ4v) is 1.88. The van der Waals surface area contributed by atoms with Gasteiger partial charge in [-0.05, 0) is 37.7 Å². The molecule has 1 aromatic carbocycles. The second-order valence-electron chi connectivity index (χ2n) is 5.18. The highest BCUT2D eigenvalue weighted by Crippen LogP contribution is 2.13. The van der Waals surface area contributed by atoms with E-state index in [0.29, 0.717) is 5.92 Å². The SMILES string of the molecule is CCC1=CCCC=C1.Cc1ccc(C(C)C)cc1. The number of benzene rings is 1. The van der Waals surface area contributed by atoms with Gasteiger partial charge in [-0.25, -0.2) is 0 Å². The molecule has 0 aliphatic heterocycles. The predicted molar refractivity (Wildman–Crippen MR) is 82.0 cm³/mol. The Morgan fingerprint density at radius 3 is 2.11 bits per heavy atom. The van der Waals surface area contributed by atoms with Gasteiger partial charge >= 0.3 is 0 Å². The average molecular weight is 242 g/mol. The molecule has 0 bridgehead atoms. The minimum atomic E-state index is 0.653. The van der Waals surface area contributed by atoms with Crippen LogP contribution in [0.2, 0.25) is 0 Å². The summed E-state index contributed by atoms with van der Waals surface area (Å²) >= 11 is 0. The summed E-state index contributed by atoms with van der Waals surface area (Å²) in [6.07, 6.45) is 10.5. The van der Waals surface area contributed by atoms with Crippen molar-refractivity contribution in [2.45, 2.75) is 52.9 Å². The second-order valence-corrected chi connectivity index (χ2v) is 5.18. The lowest BCUT2D eigenvalue weighted by molar-refractivity contribution is 0.866. The van der Waals surface area contributed by atoms with Crippen molar-refractivity contribution in [1.29, 1.82) is 0 Å². The molecule has 0 unspecified atom stereocenters. The highest BCUT2D eigenvalue weighted by atomic mass is 14.0. The first kappa shape index (κ1) is 14.8. The lowest BCUT2D eigenvalue weighted by atomic mass is 10.0. The average Bonchev–Trinajstić information content (AvgIpc) is 2.41. The van der Waals surface area contributed by atoms with Gasteiger partial charge in [-0.15, -0.1) is 0 Å². The summed E-state index contributed by atoms with van der Waals surface area (Å²) in [7, 11) is 0. The van der Waals surface area contributed by atoms with Gasteiger partial charge < -0.3 is 0 Å². The van der Waals surface area contributed by atoms with Crippen LogP contribution in [-0.4, -0.2) is 0 Å². The molecule has 18 heavy (non-hydrogen) atoms. The molecule has 0 fully saturated rings. The largest absolute Gasteiger partial charge is 0.0840 e. The van der Waals surface area contributed by atoms with Gasteiger partial charge in [0.25, 0.3) is 0 Å². The van der Waals surface area contributed by atoms with Crippen molar-refractivity contribution < 1.29 is 0 Å². The van der Waals surface area contributed by atoms with Gasteiger partial charge in [-0.1, -0.05) is 74.4 Å². The van der Waals surface area contributed by atoms with E-state index in [0.717, 1.165) is 0 Å². The fourth-order valence-electron chi connectivity index (χ4n) is 1.88. The molecule has 1 aliphatic carbocycles. The van der Waals surface area contributed by atoms with E-state index < -0.39 is 0 Å². The van der Waals surface area contributed by atoms with Crippen LogP contribution in [0.15, 0.2) is 48.1 Å². The number of aryl methyl sites for hydroxylation is 1. The van der Waals surface area contributed by atoms with Crippen LogP contribution in [0.25, 0.3) is 0 Å². The van der Waals surface area contributed by atoms with E-state index in [9.17, 15) is 0 Å². The predicted octanol–water partition coefficient (Wildman–Crippen LogP) is 5.79. The van der Waals surface area contributed by atoms with Gasteiger partial charge in [0.15, 0.2) is 0 Å². The summed E-state index contributed by atoms with van der Waals surface area (Å²) < 4.78 is 0. The number of hydrogen-bond acceptors (Lipinski definition) is 0. The molecular formula is C18H26. The molecule has 0 heteroatoms. The van der Waals surface area contributed by atoms with Crippen molar-refractivity contribution in [2.24, 2.45) is 0 Å². The van der Waals surface area contributed by atoms with Crippen LogP contribution in [0.4, 0.5) is 0 Å². The maximum atomic E-state index is 2.32. The Morgan fingerprint density at radius 1 is 1.06 bits per heavy atom. The molecule has 0 N–H and O–H groups in total. The smallest absolute Gasteiger partial charge is 0.0219 e. The van der Waals surface area contributed by atoms with Gasteiger partial charge in [0.05, 0.1) is 0 Å². The van der Waals surface area contributed by atoms with Crippen molar-refractivity contribution in [3.63, 3.8) is 0 Å². The van der Waals surface area contributed by atoms with Gasteiger partial charge in [0, 0.05) is 0 Å². The molecule has 2 rings (SSSR count). The van der Waals surface area contributed by atoms with Gasteiger partial charge in [0.2, 0.25) is 0 Å². The zero-order chi connectivity index (χ0) is 13.4. The zero-order valence-corrected chi connectivity index (χ0v) is 12.2. The molecule has 1 aliphatic rings. The molecule has 0 spiro atoms. The summed E-state index contributed by atoms with van der Waals surface area (Å²) in [6.45, 7) is 8.74. The summed E-state index contributed by atoms with van der Waals surface area (Å²) in [5.41, 5.74) is 4.26. The molecule has 0 aromatic heterocycles. The van der Waals surface area contributed by atoms with Crippen molar-refractivity contribution in [3.8, 4) is 0 Å². The Balaban J connectivity index is 0.000000184. The van der Waals surface area contributed by atoms with Crippen LogP contribution in [0, 0.1) is 6.92 Å². The minimum Gasteiger partial charge on any atom is -0.0840 e. The zero-order valence-electron chi connectivity index (χ0n) is 12.2. The molecule has 0 saturated heterocycles. The molecule has 0 radical (unpaired) electrons. The third-order valence-electron chi connectivity index (χ3n) is 3.22. The Bertz CT molecular complexity index is 391. The molecule has 0 heterocycles. The molecular weight excluding hydrogens is 216 g/mol. The minimum absolute atomic E-state index is 0.653. The Hall–Kier alpha value is -1.30. The van der Waals surface area contributed by atoms with E-state index in [2.05, 4.69) is 70.2 Å². The van der Waals surface area contributed by atoms with Crippen LogP contribution in [-0.2, 0) is 0 Å². The molecule has 0 amide bonds. The first-order chi connectivity index (χ1) is 8.63. The molecule has 98 valence electrons. The molecule has 1 aromatic rings. The lowest BCUT2D eigenvalue weighted by Crippen LogP contribution is -1.85. The summed E-state index contributed by atoms with van der Waals surface area (Å²) in [5, 5.41) is 0. The first-order valence-electron chi connectivity index (χ1n) is 7.05. The highest BCUT2D eigenvalue weighted by molar-refractivity contribution is 5.23. The second kappa shape index (κ2) is 7.92. The standard InChI is InChI=1S/C10H14.C8H12/c1-8(2)10-6-4-9(3)5-7-10;1-2-8-6-4-3-5-7-8/h4-8H,1-3H3;4,6-7H,2-3,5H2,1H3. The first-order valence-corrected chi connectivity index (χ1v) is 7.05. The Morgan fingerprint density at radius 2 is 1.72 bits per heavy atom. The molecule has 0 atom stereocenters. The van der Waals surface area contributed by atoms with Crippen molar-refractivity contribution in [3.05, 3.63) is 59.2 Å². The van der Waals surface area contributed by atoms with Crippen molar-refractivity contribution in [1.82, 2.24) is 0 Å². The fraction of sp³-hybridized carbons (Fsp3) is 0.444. The maximum Gasteiger partial charge on any atom is -0.0219 e. The number of hydrogen-bond donors (Lipinski definition) is 0.